The molecule has 0 saturated heterocycles. The van der Waals surface area contributed by atoms with Gasteiger partial charge in [-0.15, -0.1) is 0 Å². The summed E-state index contributed by atoms with van der Waals surface area (Å²) in [6.07, 6.45) is -2.29. The smallest absolute Gasteiger partial charge is 0.336 e. The van der Waals surface area contributed by atoms with Crippen LogP contribution in [0.25, 0.3) is 0 Å². The minimum absolute atomic E-state index is 0. The Morgan fingerprint density at radius 3 is 1.33 bits per heavy atom. The summed E-state index contributed by atoms with van der Waals surface area (Å²) >= 11 is 0. The molecule has 0 rings (SSSR count). The van der Waals surface area contributed by atoms with Crippen LogP contribution < -0.4 is 6.15 Å². The van der Waals surface area contributed by atoms with E-state index in [4.69, 9.17) is 20.4 Å². The Morgan fingerprint density at radius 2 is 1.20 bits per heavy atom. The van der Waals surface area contributed by atoms with E-state index in [1.807, 2.05) is 0 Å². The monoisotopic (exact) mass is 393 g/mol. The third-order valence-corrected chi connectivity index (χ3v) is 1.29. The topological polar surface area (TPSA) is 167 Å². The molecular formula is C6H11NO7W. The Balaban J connectivity index is -0.000000720. The van der Waals surface area contributed by atoms with E-state index in [1.165, 1.54) is 0 Å². The number of rotatable bonds is 5. The summed E-state index contributed by atoms with van der Waals surface area (Å²) in [6, 6.07) is 0. The summed E-state index contributed by atoms with van der Waals surface area (Å²) < 4.78 is 0. The predicted octanol–water partition coefficient (Wildman–Crippen LogP) is -1.09. The van der Waals surface area contributed by atoms with Crippen LogP contribution in [0.3, 0.4) is 0 Å². The van der Waals surface area contributed by atoms with Crippen LogP contribution in [0.5, 0.6) is 0 Å². The van der Waals surface area contributed by atoms with Gasteiger partial charge in [0.25, 0.3) is 0 Å². The Kier molecular flexibility index (Phi) is 9.56. The summed E-state index contributed by atoms with van der Waals surface area (Å²) in [7, 11) is 0. The molecule has 0 heterocycles. The van der Waals surface area contributed by atoms with E-state index in [1.54, 1.807) is 0 Å². The van der Waals surface area contributed by atoms with E-state index >= 15 is 0 Å². The number of carboxylic acid groups (broad SMARTS) is 3. The van der Waals surface area contributed by atoms with Gasteiger partial charge in [0, 0.05) is 21.1 Å². The summed E-state index contributed by atoms with van der Waals surface area (Å²) in [5.74, 6) is -5.02. The molecule has 7 N–H and O–H groups in total. The first-order valence-corrected chi connectivity index (χ1v) is 3.17. The van der Waals surface area contributed by atoms with E-state index in [0.29, 0.717) is 0 Å². The molecule has 0 spiro atoms. The van der Waals surface area contributed by atoms with Crippen LogP contribution in [0.1, 0.15) is 12.8 Å². The van der Waals surface area contributed by atoms with Crippen LogP contribution >= 0.6 is 0 Å². The molecule has 0 saturated carbocycles. The van der Waals surface area contributed by atoms with Gasteiger partial charge in [0.15, 0.2) is 5.60 Å². The maximum absolute atomic E-state index is 10.3. The number of hydrogen-bond acceptors (Lipinski definition) is 5. The van der Waals surface area contributed by atoms with Crippen LogP contribution in [0.4, 0.5) is 0 Å². The van der Waals surface area contributed by atoms with Crippen molar-refractivity contribution in [1.82, 2.24) is 6.15 Å². The average molecular weight is 393 g/mol. The number of carbonyl (C=O) groups is 3. The third-order valence-electron chi connectivity index (χ3n) is 1.29. The van der Waals surface area contributed by atoms with Gasteiger partial charge in [-0.2, -0.15) is 0 Å². The first-order chi connectivity index (χ1) is 5.78. The van der Waals surface area contributed by atoms with Gasteiger partial charge >= 0.3 is 17.9 Å². The minimum Gasteiger partial charge on any atom is -0.481 e. The molecular weight excluding hydrogens is 382 g/mol. The van der Waals surface area contributed by atoms with Gasteiger partial charge in [-0.1, -0.05) is 0 Å². The normalized spacial score (nSPS) is 9.40. The molecule has 0 aromatic heterocycles. The zero-order valence-electron chi connectivity index (χ0n) is 7.54. The van der Waals surface area contributed by atoms with Crippen LogP contribution in [-0.2, 0) is 35.4 Å². The van der Waals surface area contributed by atoms with E-state index in [2.05, 4.69) is 0 Å². The number of aliphatic hydroxyl groups is 1. The van der Waals surface area contributed by atoms with Crippen LogP contribution in [0, 0.1) is 0 Å². The summed E-state index contributed by atoms with van der Waals surface area (Å²) in [5.41, 5.74) is -2.74. The molecule has 8 nitrogen and oxygen atoms in total. The largest absolute Gasteiger partial charge is 0.481 e. The van der Waals surface area contributed by atoms with Crippen molar-refractivity contribution in [2.24, 2.45) is 0 Å². The van der Waals surface area contributed by atoms with Gasteiger partial charge in [-0.3, -0.25) is 9.59 Å². The van der Waals surface area contributed by atoms with Crippen molar-refractivity contribution in [1.29, 1.82) is 0 Å². The van der Waals surface area contributed by atoms with Crippen molar-refractivity contribution in [2.75, 3.05) is 0 Å². The summed E-state index contributed by atoms with van der Waals surface area (Å²) in [4.78, 5) is 30.5. The third kappa shape index (κ3) is 7.01. The predicted molar refractivity (Wildman–Crippen MR) is 42.1 cm³/mol. The van der Waals surface area contributed by atoms with Gasteiger partial charge in [-0.25, -0.2) is 4.79 Å². The average Bonchev–Trinajstić information content (AvgIpc) is 1.82. The molecule has 0 unspecified atom stereocenters. The van der Waals surface area contributed by atoms with Gasteiger partial charge in [-0.05, 0) is 0 Å². The number of aliphatic carboxylic acids is 3. The molecule has 0 aliphatic heterocycles. The quantitative estimate of drug-likeness (QED) is 0.393. The van der Waals surface area contributed by atoms with Crippen molar-refractivity contribution in [3.8, 4) is 0 Å². The zero-order valence-corrected chi connectivity index (χ0v) is 10.5. The molecule has 15 heavy (non-hydrogen) atoms. The fourth-order valence-corrected chi connectivity index (χ4v) is 0.714. The molecule has 0 radical (unpaired) electrons. The van der Waals surface area contributed by atoms with Crippen LogP contribution in [0.2, 0.25) is 0 Å². The minimum atomic E-state index is -2.74. The van der Waals surface area contributed by atoms with Crippen LogP contribution in [0.15, 0.2) is 0 Å². The van der Waals surface area contributed by atoms with Crippen molar-refractivity contribution < 1.29 is 55.9 Å². The SMILES string of the molecule is N.O=C(O)CC(O)(CC(=O)O)C(=O)O.[W]. The van der Waals surface area contributed by atoms with E-state index in [-0.39, 0.29) is 27.2 Å². The Morgan fingerprint density at radius 1 is 0.933 bits per heavy atom. The number of carboxylic acids is 3. The maximum atomic E-state index is 10.3. The first kappa shape index (κ1) is 19.6. The van der Waals surface area contributed by atoms with E-state index < -0.39 is 36.4 Å². The molecule has 88 valence electrons. The second-order valence-electron chi connectivity index (χ2n) is 2.48. The molecule has 0 aliphatic rings. The van der Waals surface area contributed by atoms with Crippen LogP contribution in [-0.4, -0.2) is 43.9 Å². The zero-order chi connectivity index (χ0) is 10.6. The van der Waals surface area contributed by atoms with Crippen molar-refractivity contribution in [3.63, 3.8) is 0 Å². The van der Waals surface area contributed by atoms with E-state index in [9.17, 15) is 14.4 Å². The number of hydrogen-bond donors (Lipinski definition) is 5. The van der Waals surface area contributed by atoms with Gasteiger partial charge in [0.05, 0.1) is 12.8 Å². The van der Waals surface area contributed by atoms with Crippen molar-refractivity contribution >= 4 is 17.9 Å². The fraction of sp³-hybridized carbons (Fsp3) is 0.500. The fourth-order valence-electron chi connectivity index (χ4n) is 0.714. The van der Waals surface area contributed by atoms with E-state index in [0.717, 1.165) is 0 Å². The second kappa shape index (κ2) is 7.33. The van der Waals surface area contributed by atoms with Gasteiger partial charge < -0.3 is 26.6 Å². The Hall–Kier alpha value is -0.982. The molecule has 0 aliphatic carbocycles. The summed E-state index contributed by atoms with van der Waals surface area (Å²) in [5, 5.41) is 33.8. The molecule has 0 fully saturated rings. The molecule has 0 amide bonds. The maximum Gasteiger partial charge on any atom is 0.336 e. The van der Waals surface area contributed by atoms with Gasteiger partial charge in [0.2, 0.25) is 0 Å². The summed E-state index contributed by atoms with van der Waals surface area (Å²) in [6.45, 7) is 0. The second-order valence-corrected chi connectivity index (χ2v) is 2.48. The first-order valence-electron chi connectivity index (χ1n) is 3.17. The molecule has 0 atom stereocenters. The van der Waals surface area contributed by atoms with Crippen molar-refractivity contribution in [3.05, 3.63) is 0 Å². The Labute approximate surface area is 98.7 Å². The molecule has 0 aromatic rings. The standard InChI is InChI=1S/C6H8O7.H3N.W/c7-3(8)1-6(13,5(11)12)2-4(9)10;;/h13H,1-2H2,(H,7,8)(H,9,10)(H,11,12);1H3;. The molecule has 0 bridgehead atoms. The van der Waals surface area contributed by atoms with Gasteiger partial charge in [0.1, 0.15) is 0 Å². The Bertz CT molecular complexity index is 238. The molecule has 0 aromatic carbocycles. The molecule has 9 heteroatoms. The van der Waals surface area contributed by atoms with Crippen molar-refractivity contribution in [2.45, 2.75) is 18.4 Å².